The zero-order chi connectivity index (χ0) is 13.2. The van der Waals surface area contributed by atoms with Gasteiger partial charge in [0.2, 0.25) is 0 Å². The Morgan fingerprint density at radius 1 is 1.22 bits per heavy atom. The molecule has 2 rings (SSSR count). The summed E-state index contributed by atoms with van der Waals surface area (Å²) in [7, 11) is 0. The molecule has 1 N–H and O–H groups in total. The molecule has 4 heteroatoms. The van der Waals surface area contributed by atoms with E-state index >= 15 is 0 Å². The van der Waals surface area contributed by atoms with Crippen molar-refractivity contribution in [2.75, 3.05) is 5.32 Å². The molecule has 2 aromatic rings. The molecule has 0 unspecified atom stereocenters. The van der Waals surface area contributed by atoms with Crippen LogP contribution in [-0.2, 0) is 12.1 Å². The van der Waals surface area contributed by atoms with Gasteiger partial charge >= 0.3 is 0 Å². The Hall–Kier alpha value is -1.84. The minimum atomic E-state index is 0.0309. The first-order chi connectivity index (χ1) is 8.45. The van der Waals surface area contributed by atoms with Crippen molar-refractivity contribution in [3.8, 4) is 0 Å². The van der Waals surface area contributed by atoms with Gasteiger partial charge in [0, 0.05) is 30.7 Å². The topological polar surface area (TPSA) is 42.7 Å². The van der Waals surface area contributed by atoms with E-state index in [0.29, 0.717) is 0 Å². The molecule has 0 aromatic carbocycles. The summed E-state index contributed by atoms with van der Waals surface area (Å²) >= 11 is 0. The van der Waals surface area contributed by atoms with Crippen LogP contribution in [0.4, 0.5) is 5.69 Å². The van der Waals surface area contributed by atoms with Gasteiger partial charge in [-0.3, -0.25) is 9.67 Å². The summed E-state index contributed by atoms with van der Waals surface area (Å²) in [6.45, 7) is 9.22. The molecule has 18 heavy (non-hydrogen) atoms. The lowest BCUT2D eigenvalue weighted by Crippen LogP contribution is -2.21. The fraction of sp³-hybridized carbons (Fsp3) is 0.429. The van der Waals surface area contributed by atoms with Crippen molar-refractivity contribution >= 4 is 5.69 Å². The molecular weight excluding hydrogens is 224 g/mol. The number of rotatable bonds is 3. The number of nitrogens with zero attached hydrogens (tertiary/aromatic N) is 3. The Morgan fingerprint density at radius 3 is 2.61 bits per heavy atom. The van der Waals surface area contributed by atoms with Crippen molar-refractivity contribution in [3.05, 3.63) is 42.0 Å². The van der Waals surface area contributed by atoms with Gasteiger partial charge in [0.25, 0.3) is 0 Å². The molecule has 0 spiro atoms. The van der Waals surface area contributed by atoms with Crippen LogP contribution in [0, 0.1) is 6.92 Å². The third-order valence-electron chi connectivity index (χ3n) is 2.69. The molecule has 0 saturated heterocycles. The van der Waals surface area contributed by atoms with Gasteiger partial charge in [-0.2, -0.15) is 5.10 Å². The number of nitrogens with one attached hydrogen (secondary N) is 1. The van der Waals surface area contributed by atoms with Crippen molar-refractivity contribution in [2.24, 2.45) is 0 Å². The summed E-state index contributed by atoms with van der Waals surface area (Å²) in [5.41, 5.74) is 3.40. The Balaban J connectivity index is 2.01. The van der Waals surface area contributed by atoms with Crippen LogP contribution in [0.3, 0.4) is 0 Å². The monoisotopic (exact) mass is 244 g/mol. The molecule has 0 aliphatic carbocycles. The summed E-state index contributed by atoms with van der Waals surface area (Å²) in [5.74, 6) is 0. The van der Waals surface area contributed by atoms with E-state index < -0.39 is 0 Å². The van der Waals surface area contributed by atoms with Crippen LogP contribution < -0.4 is 5.32 Å². The molecule has 2 aromatic heterocycles. The van der Waals surface area contributed by atoms with Gasteiger partial charge in [-0.1, -0.05) is 0 Å². The predicted octanol–water partition coefficient (Wildman–Crippen LogP) is 2.95. The Labute approximate surface area is 108 Å². The minimum absolute atomic E-state index is 0.0309. The van der Waals surface area contributed by atoms with E-state index in [-0.39, 0.29) is 5.54 Å². The van der Waals surface area contributed by atoms with Gasteiger partial charge in [-0.25, -0.2) is 0 Å². The summed E-state index contributed by atoms with van der Waals surface area (Å²) < 4.78 is 1.98. The molecule has 96 valence electrons. The molecule has 0 radical (unpaired) electrons. The molecule has 0 atom stereocenters. The first-order valence-corrected chi connectivity index (χ1v) is 6.15. The zero-order valence-corrected chi connectivity index (χ0v) is 11.4. The van der Waals surface area contributed by atoms with Crippen LogP contribution in [0.15, 0.2) is 30.9 Å². The average Bonchev–Trinajstić information content (AvgIpc) is 2.74. The van der Waals surface area contributed by atoms with E-state index in [1.807, 2.05) is 30.2 Å². The fourth-order valence-corrected chi connectivity index (χ4v) is 1.67. The number of pyridine rings is 1. The van der Waals surface area contributed by atoms with Crippen molar-refractivity contribution in [2.45, 2.75) is 39.8 Å². The van der Waals surface area contributed by atoms with Gasteiger partial charge in [0.1, 0.15) is 0 Å². The first kappa shape index (κ1) is 12.6. The van der Waals surface area contributed by atoms with Crippen molar-refractivity contribution in [1.29, 1.82) is 0 Å². The van der Waals surface area contributed by atoms with Crippen LogP contribution in [0.5, 0.6) is 0 Å². The number of hydrogen-bond acceptors (Lipinski definition) is 3. The second-order valence-electron chi connectivity index (χ2n) is 5.57. The molecule has 2 heterocycles. The average molecular weight is 244 g/mol. The summed E-state index contributed by atoms with van der Waals surface area (Å²) in [6.07, 6.45) is 7.67. The minimum Gasteiger partial charge on any atom is -0.380 e. The van der Waals surface area contributed by atoms with Gasteiger partial charge in [-0.05, 0) is 39.3 Å². The lowest BCUT2D eigenvalue weighted by atomic mass is 10.1. The smallest absolute Gasteiger partial charge is 0.0543 e. The molecule has 0 aliphatic heterocycles. The molecule has 0 fully saturated rings. The van der Waals surface area contributed by atoms with Gasteiger partial charge < -0.3 is 5.32 Å². The molecule has 4 nitrogen and oxygen atoms in total. The molecule has 0 bridgehead atoms. The van der Waals surface area contributed by atoms with Crippen LogP contribution in [0.1, 0.15) is 31.9 Å². The second kappa shape index (κ2) is 4.80. The fourth-order valence-electron chi connectivity index (χ4n) is 1.67. The normalized spacial score (nSPS) is 11.6. The van der Waals surface area contributed by atoms with Crippen LogP contribution >= 0.6 is 0 Å². The van der Waals surface area contributed by atoms with Crippen LogP contribution in [-0.4, -0.2) is 14.8 Å². The third-order valence-corrected chi connectivity index (χ3v) is 2.69. The second-order valence-corrected chi connectivity index (χ2v) is 5.57. The predicted molar refractivity (Wildman–Crippen MR) is 73.5 cm³/mol. The van der Waals surface area contributed by atoms with E-state index in [2.05, 4.69) is 48.4 Å². The Kier molecular flexibility index (Phi) is 3.36. The maximum atomic E-state index is 4.38. The lowest BCUT2D eigenvalue weighted by Gasteiger charge is -2.18. The maximum Gasteiger partial charge on any atom is 0.0543 e. The van der Waals surface area contributed by atoms with Gasteiger partial charge in [0.05, 0.1) is 17.4 Å². The molecular formula is C14H20N4. The highest BCUT2D eigenvalue weighted by atomic mass is 15.3. The third kappa shape index (κ3) is 3.09. The van der Waals surface area contributed by atoms with Crippen molar-refractivity contribution < 1.29 is 0 Å². The van der Waals surface area contributed by atoms with Crippen LogP contribution in [0.25, 0.3) is 0 Å². The maximum absolute atomic E-state index is 4.38. The van der Waals surface area contributed by atoms with Crippen LogP contribution in [0.2, 0.25) is 0 Å². The first-order valence-electron chi connectivity index (χ1n) is 6.15. The van der Waals surface area contributed by atoms with Gasteiger partial charge in [0.15, 0.2) is 0 Å². The summed E-state index contributed by atoms with van der Waals surface area (Å²) in [5, 5.41) is 7.73. The number of anilines is 1. The summed E-state index contributed by atoms with van der Waals surface area (Å²) in [4.78, 5) is 4.16. The Morgan fingerprint density at radius 2 is 2.00 bits per heavy atom. The molecule has 0 saturated carbocycles. The van der Waals surface area contributed by atoms with E-state index in [4.69, 9.17) is 0 Å². The zero-order valence-electron chi connectivity index (χ0n) is 11.4. The van der Waals surface area contributed by atoms with Gasteiger partial charge in [-0.15, -0.1) is 0 Å². The number of hydrogen-bond donors (Lipinski definition) is 1. The summed E-state index contributed by atoms with van der Waals surface area (Å²) in [6, 6.07) is 2.08. The standard InChI is InChI=1S/C14H20N4/c1-11-5-13(9-15-6-11)16-7-12-8-17-18(10-12)14(2,3)4/h5-6,8-10,16H,7H2,1-4H3. The number of aryl methyl sites for hydroxylation is 1. The Bertz CT molecular complexity index is 523. The number of aromatic nitrogens is 3. The SMILES string of the molecule is Cc1cncc(NCc2cnn(C(C)(C)C)c2)c1. The van der Waals surface area contributed by atoms with E-state index in [9.17, 15) is 0 Å². The quantitative estimate of drug-likeness (QED) is 0.902. The van der Waals surface area contributed by atoms with E-state index in [1.54, 1.807) is 0 Å². The van der Waals surface area contributed by atoms with Crippen molar-refractivity contribution in [1.82, 2.24) is 14.8 Å². The highest BCUT2D eigenvalue weighted by Gasteiger charge is 2.13. The molecule has 0 aliphatic rings. The molecule has 0 amide bonds. The highest BCUT2D eigenvalue weighted by Crippen LogP contribution is 2.14. The largest absolute Gasteiger partial charge is 0.380 e. The van der Waals surface area contributed by atoms with E-state index in [1.165, 1.54) is 5.56 Å². The van der Waals surface area contributed by atoms with E-state index in [0.717, 1.165) is 17.8 Å². The highest BCUT2D eigenvalue weighted by molar-refractivity contribution is 5.42. The van der Waals surface area contributed by atoms with Crippen molar-refractivity contribution in [3.63, 3.8) is 0 Å². The lowest BCUT2D eigenvalue weighted by molar-refractivity contribution is 0.355.